The summed E-state index contributed by atoms with van der Waals surface area (Å²) in [5, 5.41) is 8.84. The molecule has 6 nitrogen and oxygen atoms in total. The van der Waals surface area contributed by atoms with E-state index in [1.54, 1.807) is 0 Å². The Morgan fingerprint density at radius 3 is 2.17 bits per heavy atom. The maximum absolute atomic E-state index is 10.8. The van der Waals surface area contributed by atoms with Crippen molar-refractivity contribution in [2.45, 2.75) is 45.4 Å². The molecular weight excluding hydrogens is 454 g/mol. The fraction of sp³-hybridized carbons (Fsp3) is 0.267. The summed E-state index contributed by atoms with van der Waals surface area (Å²) in [4.78, 5) is 15.6. The quantitative estimate of drug-likeness (QED) is 0.237. The second kappa shape index (κ2) is 11.6. The van der Waals surface area contributed by atoms with Crippen LogP contribution in [0.1, 0.15) is 56.0 Å². The van der Waals surface area contributed by atoms with Crippen molar-refractivity contribution in [2.24, 2.45) is 0 Å². The summed E-state index contributed by atoms with van der Waals surface area (Å²) in [6.45, 7) is 6.71. The normalized spacial score (nSPS) is 11.9. The van der Waals surface area contributed by atoms with Gasteiger partial charge in [0, 0.05) is 12.0 Å². The molecule has 4 rings (SSSR count). The average Bonchev–Trinajstić information content (AvgIpc) is 3.34. The van der Waals surface area contributed by atoms with Gasteiger partial charge in [0.1, 0.15) is 23.0 Å². The van der Waals surface area contributed by atoms with E-state index in [1.165, 1.54) is 0 Å². The summed E-state index contributed by atoms with van der Waals surface area (Å²) in [6, 6.07) is 24.9. The summed E-state index contributed by atoms with van der Waals surface area (Å²) in [7, 11) is 0. The molecule has 1 heterocycles. The lowest BCUT2D eigenvalue weighted by atomic mass is 10.0. The monoisotopic (exact) mass is 485 g/mol. The molecule has 0 fully saturated rings. The van der Waals surface area contributed by atoms with Gasteiger partial charge in [-0.1, -0.05) is 51.1 Å². The molecule has 1 unspecified atom stereocenters. The number of aryl methyl sites for hydroxylation is 1. The molecule has 0 saturated carbocycles. The van der Waals surface area contributed by atoms with Crippen LogP contribution in [0.25, 0.3) is 11.5 Å². The molecule has 0 radical (unpaired) electrons. The van der Waals surface area contributed by atoms with Crippen molar-refractivity contribution in [1.82, 2.24) is 4.98 Å². The number of aromatic nitrogens is 1. The predicted molar refractivity (Wildman–Crippen MR) is 139 cm³/mol. The van der Waals surface area contributed by atoms with Gasteiger partial charge in [-0.2, -0.15) is 0 Å². The van der Waals surface area contributed by atoms with E-state index in [0.29, 0.717) is 18.9 Å². The molecule has 0 bridgehead atoms. The second-order valence-electron chi connectivity index (χ2n) is 9.11. The van der Waals surface area contributed by atoms with E-state index >= 15 is 0 Å². The first-order valence-electron chi connectivity index (χ1n) is 12.2. The maximum atomic E-state index is 10.8. The van der Waals surface area contributed by atoms with Crippen molar-refractivity contribution in [1.29, 1.82) is 0 Å². The molecule has 1 aromatic heterocycles. The van der Waals surface area contributed by atoms with E-state index in [4.69, 9.17) is 24.0 Å². The Morgan fingerprint density at radius 1 is 0.889 bits per heavy atom. The highest BCUT2D eigenvalue weighted by atomic mass is 16.5. The van der Waals surface area contributed by atoms with E-state index in [-0.39, 0.29) is 18.3 Å². The van der Waals surface area contributed by atoms with Crippen LogP contribution >= 0.6 is 0 Å². The fourth-order valence-electron chi connectivity index (χ4n) is 3.82. The first-order valence-corrected chi connectivity index (χ1v) is 12.2. The Balaban J connectivity index is 1.43. The molecule has 0 aliphatic heterocycles. The molecule has 0 spiro atoms. The number of oxazole rings is 1. The van der Waals surface area contributed by atoms with Crippen LogP contribution in [-0.4, -0.2) is 22.7 Å². The number of ether oxygens (including phenoxy) is 2. The van der Waals surface area contributed by atoms with Crippen LogP contribution in [0.15, 0.2) is 83.3 Å². The number of rotatable bonds is 11. The van der Waals surface area contributed by atoms with Crippen LogP contribution in [0.2, 0.25) is 0 Å². The van der Waals surface area contributed by atoms with Crippen LogP contribution in [0.5, 0.6) is 17.2 Å². The highest BCUT2D eigenvalue weighted by Crippen LogP contribution is 2.33. The predicted octanol–water partition coefficient (Wildman–Crippen LogP) is 7.46. The van der Waals surface area contributed by atoms with Crippen molar-refractivity contribution in [2.75, 3.05) is 6.61 Å². The minimum atomic E-state index is -0.798. The van der Waals surface area contributed by atoms with E-state index < -0.39 is 5.97 Å². The first kappa shape index (κ1) is 25.0. The van der Waals surface area contributed by atoms with Gasteiger partial charge < -0.3 is 19.0 Å². The Hall–Kier alpha value is -4.06. The zero-order chi connectivity index (χ0) is 25.5. The number of aliphatic carboxylic acids is 1. The van der Waals surface area contributed by atoms with Crippen LogP contribution in [-0.2, 0) is 11.2 Å². The molecule has 0 aliphatic carbocycles. The van der Waals surface area contributed by atoms with E-state index in [2.05, 4.69) is 20.8 Å². The molecule has 0 aliphatic rings. The standard InChI is InChI=1S/C30H31NO5/c1-20(2)28-29(21(3)19-34-24-14-9-22(10-15-24)11-18-27(32)33)36-30(31-28)23-12-16-26(17-13-23)35-25-7-5-4-6-8-25/h4-10,12-17,20-21H,11,18-19H2,1-3H3,(H,32,33). The first-order chi connectivity index (χ1) is 17.4. The molecule has 1 N–H and O–H groups in total. The minimum Gasteiger partial charge on any atom is -0.493 e. The van der Waals surface area contributed by atoms with Gasteiger partial charge in [-0.3, -0.25) is 4.79 Å². The maximum Gasteiger partial charge on any atom is 0.303 e. The summed E-state index contributed by atoms with van der Waals surface area (Å²) in [6.07, 6.45) is 0.621. The zero-order valence-corrected chi connectivity index (χ0v) is 20.8. The number of nitrogens with zero attached hydrogens (tertiary/aromatic N) is 1. The molecule has 3 aromatic carbocycles. The smallest absolute Gasteiger partial charge is 0.303 e. The van der Waals surface area contributed by atoms with Gasteiger partial charge in [0.2, 0.25) is 5.89 Å². The number of carboxylic acids is 1. The summed E-state index contributed by atoms with van der Waals surface area (Å²) < 4.78 is 18.1. The molecule has 36 heavy (non-hydrogen) atoms. The van der Waals surface area contributed by atoms with E-state index in [1.807, 2.05) is 78.9 Å². The molecule has 0 saturated heterocycles. The minimum absolute atomic E-state index is 0.00368. The topological polar surface area (TPSA) is 81.8 Å². The number of carbonyl (C=O) groups is 1. The molecular formula is C30H31NO5. The summed E-state index contributed by atoms with van der Waals surface area (Å²) >= 11 is 0. The fourth-order valence-corrected chi connectivity index (χ4v) is 3.82. The highest BCUT2D eigenvalue weighted by molar-refractivity contribution is 5.67. The SMILES string of the molecule is CC(C)c1nc(-c2ccc(Oc3ccccc3)cc2)oc1C(C)COc1ccc(CCC(=O)O)cc1. The van der Waals surface area contributed by atoms with Gasteiger partial charge in [-0.15, -0.1) is 0 Å². The van der Waals surface area contributed by atoms with Crippen molar-refractivity contribution in [3.63, 3.8) is 0 Å². The molecule has 186 valence electrons. The summed E-state index contributed by atoms with van der Waals surface area (Å²) in [5.74, 6) is 3.07. The lowest BCUT2D eigenvalue weighted by Gasteiger charge is -2.13. The van der Waals surface area contributed by atoms with Crippen LogP contribution in [0.3, 0.4) is 0 Å². The number of para-hydroxylation sites is 1. The Kier molecular flexibility index (Phi) is 8.06. The van der Waals surface area contributed by atoms with E-state index in [9.17, 15) is 4.79 Å². The van der Waals surface area contributed by atoms with Crippen molar-refractivity contribution in [3.05, 3.63) is 95.9 Å². The third kappa shape index (κ3) is 6.54. The van der Waals surface area contributed by atoms with Crippen molar-refractivity contribution < 1.29 is 23.8 Å². The van der Waals surface area contributed by atoms with Crippen LogP contribution < -0.4 is 9.47 Å². The van der Waals surface area contributed by atoms with E-state index in [0.717, 1.165) is 39.8 Å². The number of hydrogen-bond acceptors (Lipinski definition) is 5. The lowest BCUT2D eigenvalue weighted by molar-refractivity contribution is -0.136. The van der Waals surface area contributed by atoms with Crippen LogP contribution in [0.4, 0.5) is 0 Å². The largest absolute Gasteiger partial charge is 0.493 e. The Morgan fingerprint density at radius 2 is 1.53 bits per heavy atom. The van der Waals surface area contributed by atoms with Gasteiger partial charge >= 0.3 is 5.97 Å². The molecule has 0 amide bonds. The van der Waals surface area contributed by atoms with Gasteiger partial charge in [0.05, 0.1) is 18.2 Å². The van der Waals surface area contributed by atoms with Gasteiger partial charge in [0.15, 0.2) is 0 Å². The summed E-state index contributed by atoms with van der Waals surface area (Å²) in [5.41, 5.74) is 2.78. The zero-order valence-electron chi connectivity index (χ0n) is 20.8. The third-order valence-corrected chi connectivity index (χ3v) is 5.81. The van der Waals surface area contributed by atoms with Gasteiger partial charge in [-0.05, 0) is 66.4 Å². The van der Waals surface area contributed by atoms with Crippen LogP contribution in [0, 0.1) is 0 Å². The lowest BCUT2D eigenvalue weighted by Crippen LogP contribution is -2.09. The molecule has 1 atom stereocenters. The van der Waals surface area contributed by atoms with Gasteiger partial charge in [-0.25, -0.2) is 4.98 Å². The van der Waals surface area contributed by atoms with Gasteiger partial charge in [0.25, 0.3) is 0 Å². The Bertz CT molecular complexity index is 1260. The molecule has 4 aromatic rings. The Labute approximate surface area is 211 Å². The highest BCUT2D eigenvalue weighted by Gasteiger charge is 2.22. The second-order valence-corrected chi connectivity index (χ2v) is 9.11. The van der Waals surface area contributed by atoms with Crippen molar-refractivity contribution in [3.8, 4) is 28.7 Å². The number of benzene rings is 3. The third-order valence-electron chi connectivity index (χ3n) is 5.81. The average molecular weight is 486 g/mol. The van der Waals surface area contributed by atoms with Crippen molar-refractivity contribution >= 4 is 5.97 Å². The number of carboxylic acid groups (broad SMARTS) is 1. The molecule has 6 heteroatoms. The number of hydrogen-bond donors (Lipinski definition) is 1.